The van der Waals surface area contributed by atoms with Gasteiger partial charge in [-0.3, -0.25) is 4.72 Å². The highest BCUT2D eigenvalue weighted by Crippen LogP contribution is 2.24. The quantitative estimate of drug-likeness (QED) is 0.317. The normalized spacial score (nSPS) is 11.5. The second kappa shape index (κ2) is 9.43. The molecule has 160 valence electrons. The Morgan fingerprint density at radius 1 is 0.968 bits per heavy atom. The summed E-state index contributed by atoms with van der Waals surface area (Å²) in [6.07, 6.45) is 1.89. The molecule has 3 aromatic carbocycles. The van der Waals surface area contributed by atoms with Crippen molar-refractivity contribution in [3.63, 3.8) is 0 Å². The first-order valence-corrected chi connectivity index (χ1v) is 11.6. The molecule has 6 nitrogen and oxygen atoms in total. The summed E-state index contributed by atoms with van der Waals surface area (Å²) in [6.45, 7) is 1.77. The van der Waals surface area contributed by atoms with E-state index in [0.717, 1.165) is 22.2 Å². The molecule has 0 radical (unpaired) electrons. The van der Waals surface area contributed by atoms with Crippen LogP contribution < -0.4 is 14.8 Å². The van der Waals surface area contributed by atoms with Crippen LogP contribution in [0.4, 0.5) is 5.69 Å². The maximum absolute atomic E-state index is 12.5. The molecule has 4 aromatic rings. The minimum atomic E-state index is -3.67. The van der Waals surface area contributed by atoms with Gasteiger partial charge < -0.3 is 15.0 Å². The van der Waals surface area contributed by atoms with E-state index < -0.39 is 10.0 Å². The van der Waals surface area contributed by atoms with Crippen molar-refractivity contribution in [1.82, 2.24) is 10.3 Å². The zero-order chi connectivity index (χ0) is 21.7. The number of aromatic nitrogens is 1. The Labute approximate surface area is 186 Å². The lowest BCUT2D eigenvalue weighted by Gasteiger charge is -2.11. The van der Waals surface area contributed by atoms with E-state index in [2.05, 4.69) is 15.0 Å². The molecule has 0 unspecified atom stereocenters. The Balaban J connectivity index is 1.29. The first-order valence-electron chi connectivity index (χ1n) is 9.78. The number of benzene rings is 3. The standard InChI is InChI=1S/C23H22ClN3O3S/c24-18-7-9-20(10-8-18)31(28,29)27-19-4-1-3-17(15-19)16-25-13-14-30-23-6-2-5-22-21(23)11-12-26-22/h1-12,15,25-27H,13-14,16H2. The maximum atomic E-state index is 12.5. The fraction of sp³-hybridized carbons (Fsp3) is 0.130. The second-order valence-electron chi connectivity index (χ2n) is 6.98. The van der Waals surface area contributed by atoms with Crippen molar-refractivity contribution < 1.29 is 13.2 Å². The van der Waals surface area contributed by atoms with E-state index >= 15 is 0 Å². The van der Waals surface area contributed by atoms with Gasteiger partial charge in [0.25, 0.3) is 10.0 Å². The summed E-state index contributed by atoms with van der Waals surface area (Å²) in [7, 11) is -3.67. The van der Waals surface area contributed by atoms with Crippen LogP contribution >= 0.6 is 11.6 Å². The minimum Gasteiger partial charge on any atom is -0.492 e. The molecule has 0 aliphatic rings. The number of aromatic amines is 1. The molecule has 0 atom stereocenters. The average Bonchev–Trinajstić information content (AvgIpc) is 3.23. The van der Waals surface area contributed by atoms with Gasteiger partial charge in [0.2, 0.25) is 0 Å². The highest BCUT2D eigenvalue weighted by atomic mass is 35.5. The summed E-state index contributed by atoms with van der Waals surface area (Å²) in [5.74, 6) is 0.846. The molecule has 31 heavy (non-hydrogen) atoms. The first-order chi connectivity index (χ1) is 15.0. The van der Waals surface area contributed by atoms with Gasteiger partial charge in [-0.1, -0.05) is 29.8 Å². The summed E-state index contributed by atoms with van der Waals surface area (Å²) in [6, 6.07) is 21.2. The highest BCUT2D eigenvalue weighted by molar-refractivity contribution is 7.92. The fourth-order valence-electron chi connectivity index (χ4n) is 3.22. The van der Waals surface area contributed by atoms with Crippen LogP contribution in [0.5, 0.6) is 5.75 Å². The Hall–Kier alpha value is -3.00. The van der Waals surface area contributed by atoms with E-state index in [1.165, 1.54) is 12.1 Å². The van der Waals surface area contributed by atoms with Crippen LogP contribution in [0.3, 0.4) is 0 Å². The maximum Gasteiger partial charge on any atom is 0.261 e. The van der Waals surface area contributed by atoms with Crippen molar-refractivity contribution in [2.24, 2.45) is 0 Å². The molecule has 0 spiro atoms. The lowest BCUT2D eigenvalue weighted by molar-refractivity contribution is 0.317. The summed E-state index contributed by atoms with van der Waals surface area (Å²) >= 11 is 5.84. The van der Waals surface area contributed by atoms with Gasteiger partial charge in [0.15, 0.2) is 0 Å². The lowest BCUT2D eigenvalue weighted by atomic mass is 10.2. The van der Waals surface area contributed by atoms with Gasteiger partial charge >= 0.3 is 0 Å². The lowest BCUT2D eigenvalue weighted by Crippen LogP contribution is -2.20. The summed E-state index contributed by atoms with van der Waals surface area (Å²) in [5.41, 5.74) is 2.51. The monoisotopic (exact) mass is 455 g/mol. The number of H-pyrrole nitrogens is 1. The molecule has 1 aromatic heterocycles. The van der Waals surface area contributed by atoms with Gasteiger partial charge in [-0.2, -0.15) is 0 Å². The Morgan fingerprint density at radius 3 is 2.61 bits per heavy atom. The molecule has 0 saturated heterocycles. The Kier molecular flexibility index (Phi) is 6.46. The van der Waals surface area contributed by atoms with Crippen molar-refractivity contribution >= 4 is 38.2 Å². The van der Waals surface area contributed by atoms with E-state index in [-0.39, 0.29) is 4.90 Å². The third kappa shape index (κ3) is 5.38. The fourth-order valence-corrected chi connectivity index (χ4v) is 4.40. The van der Waals surface area contributed by atoms with Crippen molar-refractivity contribution in [1.29, 1.82) is 0 Å². The van der Waals surface area contributed by atoms with Crippen molar-refractivity contribution in [3.05, 3.63) is 89.6 Å². The van der Waals surface area contributed by atoms with Gasteiger partial charge in [-0.15, -0.1) is 0 Å². The zero-order valence-corrected chi connectivity index (χ0v) is 18.2. The van der Waals surface area contributed by atoms with E-state index in [4.69, 9.17) is 16.3 Å². The number of ether oxygens (including phenoxy) is 1. The predicted octanol–water partition coefficient (Wildman–Crippen LogP) is 4.79. The highest BCUT2D eigenvalue weighted by Gasteiger charge is 2.14. The molecule has 0 fully saturated rings. The first kappa shape index (κ1) is 21.2. The van der Waals surface area contributed by atoms with Crippen LogP contribution in [0.15, 0.2) is 83.9 Å². The van der Waals surface area contributed by atoms with Gasteiger partial charge in [-0.25, -0.2) is 8.42 Å². The van der Waals surface area contributed by atoms with E-state index in [0.29, 0.717) is 30.4 Å². The number of halogens is 1. The van der Waals surface area contributed by atoms with Gasteiger partial charge in [0.05, 0.1) is 4.90 Å². The number of anilines is 1. The van der Waals surface area contributed by atoms with Crippen LogP contribution in [0.2, 0.25) is 5.02 Å². The molecule has 3 N–H and O–H groups in total. The molecule has 0 amide bonds. The number of rotatable bonds is 9. The smallest absolute Gasteiger partial charge is 0.261 e. The topological polar surface area (TPSA) is 83.2 Å². The number of nitrogens with one attached hydrogen (secondary N) is 3. The minimum absolute atomic E-state index is 0.162. The summed E-state index contributed by atoms with van der Waals surface area (Å²) < 4.78 is 33.6. The largest absolute Gasteiger partial charge is 0.492 e. The molecule has 4 rings (SSSR count). The van der Waals surface area contributed by atoms with E-state index in [9.17, 15) is 8.42 Å². The molecule has 1 heterocycles. The second-order valence-corrected chi connectivity index (χ2v) is 9.10. The van der Waals surface area contributed by atoms with Crippen LogP contribution in [0.25, 0.3) is 10.9 Å². The number of sulfonamides is 1. The van der Waals surface area contributed by atoms with Crippen LogP contribution in [-0.2, 0) is 16.6 Å². The SMILES string of the molecule is O=S(=O)(Nc1cccc(CNCCOc2cccc3[nH]ccc23)c1)c1ccc(Cl)cc1. The van der Waals surface area contributed by atoms with Crippen LogP contribution in [0.1, 0.15) is 5.56 Å². The number of hydrogen-bond donors (Lipinski definition) is 3. The zero-order valence-electron chi connectivity index (χ0n) is 16.6. The molecular weight excluding hydrogens is 434 g/mol. The summed E-state index contributed by atoms with van der Waals surface area (Å²) in [5, 5.41) is 4.86. The molecule has 0 bridgehead atoms. The van der Waals surface area contributed by atoms with Crippen LogP contribution in [-0.4, -0.2) is 26.6 Å². The molecule has 0 saturated carbocycles. The predicted molar refractivity (Wildman–Crippen MR) is 124 cm³/mol. The molecule has 0 aliphatic heterocycles. The molecular formula is C23H22ClN3O3S. The third-order valence-corrected chi connectivity index (χ3v) is 6.37. The van der Waals surface area contributed by atoms with Gasteiger partial charge in [0.1, 0.15) is 12.4 Å². The van der Waals surface area contributed by atoms with Crippen LogP contribution in [0, 0.1) is 0 Å². The van der Waals surface area contributed by atoms with E-state index in [1.54, 1.807) is 18.2 Å². The molecule has 0 aliphatic carbocycles. The van der Waals surface area contributed by atoms with Gasteiger partial charge in [-0.05, 0) is 60.2 Å². The molecule has 8 heteroatoms. The van der Waals surface area contributed by atoms with Crippen molar-refractivity contribution in [2.75, 3.05) is 17.9 Å². The van der Waals surface area contributed by atoms with Gasteiger partial charge in [0, 0.05) is 40.9 Å². The van der Waals surface area contributed by atoms with Crippen molar-refractivity contribution in [2.45, 2.75) is 11.4 Å². The summed E-state index contributed by atoms with van der Waals surface area (Å²) in [4.78, 5) is 3.33. The Morgan fingerprint density at radius 2 is 1.77 bits per heavy atom. The Bertz CT molecular complexity index is 1270. The third-order valence-electron chi connectivity index (χ3n) is 4.72. The number of fused-ring (bicyclic) bond motifs is 1. The number of hydrogen-bond acceptors (Lipinski definition) is 4. The van der Waals surface area contributed by atoms with Crippen molar-refractivity contribution in [3.8, 4) is 5.75 Å². The van der Waals surface area contributed by atoms with E-state index in [1.807, 2.05) is 48.7 Å². The average molecular weight is 456 g/mol.